The van der Waals surface area contributed by atoms with Gasteiger partial charge >= 0.3 is 0 Å². The summed E-state index contributed by atoms with van der Waals surface area (Å²) in [6.45, 7) is 4.70. The number of amides is 1. The Labute approximate surface area is 188 Å². The quantitative estimate of drug-likeness (QED) is 0.331. The van der Waals surface area contributed by atoms with E-state index in [1.54, 1.807) is 12.3 Å². The summed E-state index contributed by atoms with van der Waals surface area (Å²) in [6.07, 6.45) is 4.80. The highest BCUT2D eigenvalue weighted by Crippen LogP contribution is 2.33. The van der Waals surface area contributed by atoms with E-state index in [9.17, 15) is 10.0 Å². The van der Waals surface area contributed by atoms with Crippen LogP contribution in [0.5, 0.6) is 0 Å². The topological polar surface area (TPSA) is 74.6 Å². The zero-order chi connectivity index (χ0) is 22.5. The van der Waals surface area contributed by atoms with Gasteiger partial charge in [0.2, 0.25) is 5.91 Å². The molecule has 32 heavy (non-hydrogen) atoms. The summed E-state index contributed by atoms with van der Waals surface area (Å²) in [6, 6.07) is 20.5. The second-order valence-corrected chi connectivity index (χ2v) is 8.18. The van der Waals surface area contributed by atoms with Gasteiger partial charge < -0.3 is 10.5 Å². The summed E-state index contributed by atoms with van der Waals surface area (Å²) in [5, 5.41) is 16.3. The molecule has 1 aliphatic rings. The molecule has 0 saturated carbocycles. The van der Waals surface area contributed by atoms with Crippen molar-refractivity contribution in [2.45, 2.75) is 32.6 Å². The second kappa shape index (κ2) is 9.60. The van der Waals surface area contributed by atoms with Crippen LogP contribution in [-0.2, 0) is 4.79 Å². The van der Waals surface area contributed by atoms with Crippen molar-refractivity contribution in [2.24, 2.45) is 5.16 Å². The molecule has 2 N–H and O–H groups in total. The monoisotopic (exact) mass is 425 g/mol. The van der Waals surface area contributed by atoms with Gasteiger partial charge in [-0.2, -0.15) is 0 Å². The Balaban J connectivity index is 1.70. The van der Waals surface area contributed by atoms with Gasteiger partial charge in [0.15, 0.2) is 0 Å². The smallest absolute Gasteiger partial charge is 0.244 e. The molecular formula is C27H27N3O2. The number of rotatable bonds is 6. The Morgan fingerprint density at radius 3 is 2.59 bits per heavy atom. The third-order valence-corrected chi connectivity index (χ3v) is 5.99. The molecule has 1 atom stereocenters. The predicted octanol–water partition coefficient (Wildman–Crippen LogP) is 5.00. The number of benzene rings is 2. The van der Waals surface area contributed by atoms with Crippen molar-refractivity contribution in [3.63, 3.8) is 0 Å². The van der Waals surface area contributed by atoms with Crippen LogP contribution in [0.1, 0.15) is 52.3 Å². The van der Waals surface area contributed by atoms with Crippen molar-refractivity contribution < 1.29 is 10.0 Å². The third-order valence-electron chi connectivity index (χ3n) is 5.99. The maximum absolute atomic E-state index is 11.7. The van der Waals surface area contributed by atoms with Gasteiger partial charge in [-0.1, -0.05) is 53.7 Å². The molecular weight excluding hydrogens is 398 g/mol. The van der Waals surface area contributed by atoms with Gasteiger partial charge in [0.1, 0.15) is 0 Å². The SMILES string of the molecule is Cc1cc(/C(C[C@H](c2ccc(C3=CC(=O)NCC3)cc2)c2ccccc2C)=N\O)ccn1. The van der Waals surface area contributed by atoms with Crippen molar-refractivity contribution in [1.29, 1.82) is 0 Å². The highest BCUT2D eigenvalue weighted by atomic mass is 16.4. The molecule has 2 heterocycles. The van der Waals surface area contributed by atoms with Crippen LogP contribution in [0.15, 0.2) is 78.1 Å². The molecule has 0 bridgehead atoms. The molecule has 1 amide bonds. The molecule has 0 saturated heterocycles. The Morgan fingerprint density at radius 2 is 1.91 bits per heavy atom. The van der Waals surface area contributed by atoms with E-state index in [1.165, 1.54) is 11.1 Å². The molecule has 0 aliphatic carbocycles. The first-order valence-corrected chi connectivity index (χ1v) is 10.8. The van der Waals surface area contributed by atoms with Crippen LogP contribution >= 0.6 is 0 Å². The van der Waals surface area contributed by atoms with Crippen molar-refractivity contribution >= 4 is 17.2 Å². The fourth-order valence-corrected chi connectivity index (χ4v) is 4.28. The van der Waals surface area contributed by atoms with E-state index >= 15 is 0 Å². The van der Waals surface area contributed by atoms with Crippen LogP contribution < -0.4 is 5.32 Å². The van der Waals surface area contributed by atoms with Crippen molar-refractivity contribution in [3.05, 3.63) is 106 Å². The fraction of sp³-hybridized carbons (Fsp3) is 0.222. The first kappa shape index (κ1) is 21.5. The summed E-state index contributed by atoms with van der Waals surface area (Å²) in [5.41, 5.74) is 8.01. The minimum atomic E-state index is -0.0374. The van der Waals surface area contributed by atoms with E-state index in [4.69, 9.17) is 0 Å². The number of oxime groups is 1. The van der Waals surface area contributed by atoms with Gasteiger partial charge in [0.25, 0.3) is 0 Å². The number of hydrogen-bond donors (Lipinski definition) is 2. The maximum Gasteiger partial charge on any atom is 0.244 e. The summed E-state index contributed by atoms with van der Waals surface area (Å²) in [5.74, 6) is -0.0159. The molecule has 3 aromatic rings. The number of aryl methyl sites for hydroxylation is 2. The Kier molecular flexibility index (Phi) is 6.45. The van der Waals surface area contributed by atoms with Gasteiger partial charge in [-0.15, -0.1) is 0 Å². The lowest BCUT2D eigenvalue weighted by molar-refractivity contribution is -0.116. The number of aromatic nitrogens is 1. The molecule has 5 heteroatoms. The minimum absolute atomic E-state index is 0.0215. The lowest BCUT2D eigenvalue weighted by atomic mass is 9.83. The summed E-state index contributed by atoms with van der Waals surface area (Å²) in [4.78, 5) is 16.0. The predicted molar refractivity (Wildman–Crippen MR) is 127 cm³/mol. The first-order valence-electron chi connectivity index (χ1n) is 10.8. The van der Waals surface area contributed by atoms with Crippen molar-refractivity contribution in [3.8, 4) is 0 Å². The van der Waals surface area contributed by atoms with Gasteiger partial charge in [-0.3, -0.25) is 9.78 Å². The largest absolute Gasteiger partial charge is 0.411 e. The summed E-state index contributed by atoms with van der Waals surface area (Å²) < 4.78 is 0. The third kappa shape index (κ3) is 4.78. The van der Waals surface area contributed by atoms with E-state index in [2.05, 4.69) is 58.8 Å². The molecule has 0 spiro atoms. The molecule has 5 nitrogen and oxygen atoms in total. The average molecular weight is 426 g/mol. The van der Waals surface area contributed by atoms with Gasteiger partial charge in [0, 0.05) is 42.4 Å². The number of carbonyl (C=O) groups is 1. The molecule has 0 radical (unpaired) electrons. The second-order valence-electron chi connectivity index (χ2n) is 8.18. The molecule has 1 aliphatic heterocycles. The van der Waals surface area contributed by atoms with E-state index < -0.39 is 0 Å². The molecule has 1 aromatic heterocycles. The maximum atomic E-state index is 11.7. The number of pyridine rings is 1. The van der Waals surface area contributed by atoms with Crippen LogP contribution in [0.3, 0.4) is 0 Å². The first-order chi connectivity index (χ1) is 15.5. The van der Waals surface area contributed by atoms with Crippen molar-refractivity contribution in [1.82, 2.24) is 10.3 Å². The molecule has 0 fully saturated rings. The molecule has 4 rings (SSSR count). The highest BCUT2D eigenvalue weighted by molar-refractivity contribution is 6.01. The number of carbonyl (C=O) groups excluding carboxylic acids is 1. The Morgan fingerprint density at radius 1 is 1.12 bits per heavy atom. The van der Waals surface area contributed by atoms with Crippen LogP contribution in [-0.4, -0.2) is 28.4 Å². The van der Waals surface area contributed by atoms with Gasteiger partial charge in [-0.05, 0) is 60.2 Å². The molecule has 0 unspecified atom stereocenters. The zero-order valence-electron chi connectivity index (χ0n) is 18.4. The fourth-order valence-electron chi connectivity index (χ4n) is 4.28. The average Bonchev–Trinajstić information content (AvgIpc) is 2.81. The van der Waals surface area contributed by atoms with Crippen LogP contribution in [0, 0.1) is 13.8 Å². The normalized spacial score (nSPS) is 15.1. The van der Waals surface area contributed by atoms with E-state index in [-0.39, 0.29) is 11.8 Å². The standard InChI is InChI=1S/C27H27N3O2/c1-18-5-3-4-6-24(18)25(17-26(30-32)23-12-13-28-19(2)15-23)21-9-7-20(8-10-21)22-11-14-29-27(31)16-22/h3-10,12-13,15-16,25,32H,11,14,17H2,1-2H3,(H,29,31)/b30-26-/t25-/m1/s1. The van der Waals surface area contributed by atoms with Crippen molar-refractivity contribution in [2.75, 3.05) is 6.54 Å². The zero-order valence-corrected chi connectivity index (χ0v) is 18.4. The summed E-state index contributed by atoms with van der Waals surface area (Å²) >= 11 is 0. The minimum Gasteiger partial charge on any atom is -0.411 e. The number of nitrogens with zero attached hydrogens (tertiary/aromatic N) is 2. The summed E-state index contributed by atoms with van der Waals surface area (Å²) in [7, 11) is 0. The van der Waals surface area contributed by atoms with E-state index in [1.807, 2.05) is 31.2 Å². The molecule has 2 aromatic carbocycles. The van der Waals surface area contributed by atoms with Crippen LogP contribution in [0.4, 0.5) is 0 Å². The van der Waals surface area contributed by atoms with Gasteiger partial charge in [0.05, 0.1) is 5.71 Å². The lowest BCUT2D eigenvalue weighted by Crippen LogP contribution is -2.26. The van der Waals surface area contributed by atoms with Crippen LogP contribution in [0.2, 0.25) is 0 Å². The van der Waals surface area contributed by atoms with Gasteiger partial charge in [-0.25, -0.2) is 0 Å². The van der Waals surface area contributed by atoms with Crippen LogP contribution in [0.25, 0.3) is 5.57 Å². The molecule has 162 valence electrons. The Hall–Kier alpha value is -3.73. The Bertz CT molecular complexity index is 1180. The van der Waals surface area contributed by atoms with E-state index in [0.717, 1.165) is 34.4 Å². The lowest BCUT2D eigenvalue weighted by Gasteiger charge is -2.22. The number of nitrogens with one attached hydrogen (secondary N) is 1. The highest BCUT2D eigenvalue weighted by Gasteiger charge is 2.21. The van der Waals surface area contributed by atoms with E-state index in [0.29, 0.717) is 18.7 Å². The number of hydrogen-bond acceptors (Lipinski definition) is 4.